The van der Waals surface area contributed by atoms with Crippen LogP contribution in [0.15, 0.2) is 0 Å². The number of alkyl halides is 2. The molecule has 11 heavy (non-hydrogen) atoms. The Hall–Kier alpha value is 0.920. The average Bonchev–Trinajstić information content (AvgIpc) is 2.56. The van der Waals surface area contributed by atoms with Crippen LogP contribution in [-0.2, 0) is 4.74 Å². The van der Waals surface area contributed by atoms with E-state index in [-0.39, 0.29) is 3.23 Å². The Balaban J connectivity index is 2.07. The quantitative estimate of drug-likeness (QED) is 0.673. The van der Waals surface area contributed by atoms with Crippen LogP contribution in [0.2, 0.25) is 0 Å². The minimum atomic E-state index is 0.219. The van der Waals surface area contributed by atoms with E-state index in [4.69, 9.17) is 4.74 Å². The van der Waals surface area contributed by atoms with Crippen LogP contribution >= 0.6 is 31.9 Å². The van der Waals surface area contributed by atoms with Gasteiger partial charge in [0.25, 0.3) is 0 Å². The Labute approximate surface area is 84.1 Å². The Kier molecular flexibility index (Phi) is 2.10. The van der Waals surface area contributed by atoms with Crippen molar-refractivity contribution in [3.63, 3.8) is 0 Å². The van der Waals surface area contributed by atoms with Crippen molar-refractivity contribution < 1.29 is 4.74 Å². The van der Waals surface area contributed by atoms with Crippen molar-refractivity contribution in [1.29, 1.82) is 0 Å². The predicted octanol–water partition coefficient (Wildman–Crippen LogP) is 2.92. The normalized spacial score (nSPS) is 46.6. The van der Waals surface area contributed by atoms with E-state index in [9.17, 15) is 0 Å². The summed E-state index contributed by atoms with van der Waals surface area (Å²) in [5, 5.41) is 0. The van der Waals surface area contributed by atoms with E-state index in [1.807, 2.05) is 7.11 Å². The molecule has 0 radical (unpaired) electrons. The molecule has 0 amide bonds. The van der Waals surface area contributed by atoms with Crippen LogP contribution < -0.4 is 0 Å². The second kappa shape index (κ2) is 2.71. The first-order valence-electron chi connectivity index (χ1n) is 4.08. The molecule has 2 aliphatic rings. The van der Waals surface area contributed by atoms with Gasteiger partial charge in [0, 0.05) is 13.0 Å². The van der Waals surface area contributed by atoms with Crippen molar-refractivity contribution >= 4 is 31.9 Å². The highest BCUT2D eigenvalue weighted by Gasteiger charge is 2.65. The zero-order valence-corrected chi connectivity index (χ0v) is 9.69. The number of methoxy groups -OCH3 is 1. The zero-order valence-electron chi connectivity index (χ0n) is 6.52. The molecule has 3 heteroatoms. The molecular formula is C8H12Br2O. The summed E-state index contributed by atoms with van der Waals surface area (Å²) in [5.41, 5.74) is 0. The molecule has 3 atom stereocenters. The molecule has 0 heterocycles. The number of fused-ring (bicyclic) bond motifs is 1. The van der Waals surface area contributed by atoms with Crippen LogP contribution in [0, 0.1) is 11.8 Å². The summed E-state index contributed by atoms with van der Waals surface area (Å²) in [6, 6.07) is 0. The van der Waals surface area contributed by atoms with Gasteiger partial charge in [-0.05, 0) is 18.8 Å². The maximum absolute atomic E-state index is 5.42. The van der Waals surface area contributed by atoms with E-state index in [0.717, 1.165) is 5.92 Å². The number of rotatable bonds is 1. The SMILES string of the molecule is CO[C@@H]1CCC[C@@H]2[C@H]1C2(Br)Br. The minimum absolute atomic E-state index is 0.219. The molecule has 0 bridgehead atoms. The predicted molar refractivity (Wildman–Crippen MR) is 52.2 cm³/mol. The summed E-state index contributed by atoms with van der Waals surface area (Å²) in [6.45, 7) is 0. The number of ether oxygens (including phenoxy) is 1. The van der Waals surface area contributed by atoms with Crippen molar-refractivity contribution in [1.82, 2.24) is 0 Å². The van der Waals surface area contributed by atoms with Crippen LogP contribution in [0.4, 0.5) is 0 Å². The molecule has 64 valence electrons. The highest BCUT2D eigenvalue weighted by molar-refractivity contribution is 9.25. The van der Waals surface area contributed by atoms with Crippen LogP contribution in [-0.4, -0.2) is 16.4 Å². The first-order chi connectivity index (χ1) is 5.18. The largest absolute Gasteiger partial charge is 0.381 e. The molecule has 2 aliphatic carbocycles. The summed E-state index contributed by atoms with van der Waals surface area (Å²) in [6.07, 6.45) is 4.38. The van der Waals surface area contributed by atoms with Crippen molar-refractivity contribution in [2.45, 2.75) is 28.6 Å². The summed E-state index contributed by atoms with van der Waals surface area (Å²) < 4.78 is 5.64. The van der Waals surface area contributed by atoms with Crippen LogP contribution in [0.5, 0.6) is 0 Å². The summed E-state index contributed by atoms with van der Waals surface area (Å²) >= 11 is 7.39. The van der Waals surface area contributed by atoms with E-state index >= 15 is 0 Å². The number of halogens is 2. The van der Waals surface area contributed by atoms with Gasteiger partial charge in [-0.15, -0.1) is 0 Å². The molecule has 0 saturated heterocycles. The third kappa shape index (κ3) is 1.20. The van der Waals surface area contributed by atoms with E-state index in [0.29, 0.717) is 12.0 Å². The molecule has 0 N–H and O–H groups in total. The third-order valence-corrected chi connectivity index (χ3v) is 5.20. The average molecular weight is 284 g/mol. The molecule has 0 aromatic carbocycles. The molecule has 2 saturated carbocycles. The number of hydrogen-bond donors (Lipinski definition) is 0. The highest BCUT2D eigenvalue weighted by Crippen LogP contribution is 2.67. The van der Waals surface area contributed by atoms with Gasteiger partial charge in [-0.25, -0.2) is 0 Å². The zero-order chi connectivity index (χ0) is 8.06. The van der Waals surface area contributed by atoms with Gasteiger partial charge >= 0.3 is 0 Å². The maximum atomic E-state index is 5.42. The summed E-state index contributed by atoms with van der Waals surface area (Å²) in [7, 11) is 1.82. The van der Waals surface area contributed by atoms with Gasteiger partial charge in [-0.1, -0.05) is 38.3 Å². The molecule has 0 spiro atoms. The first kappa shape index (κ1) is 8.52. The molecule has 0 aromatic rings. The van der Waals surface area contributed by atoms with E-state index in [2.05, 4.69) is 31.9 Å². The monoisotopic (exact) mass is 282 g/mol. The highest BCUT2D eigenvalue weighted by atomic mass is 79.9. The maximum Gasteiger partial charge on any atom is 0.0894 e. The van der Waals surface area contributed by atoms with Crippen LogP contribution in [0.25, 0.3) is 0 Å². The second-order valence-electron chi connectivity index (χ2n) is 3.51. The van der Waals surface area contributed by atoms with Crippen LogP contribution in [0.1, 0.15) is 19.3 Å². The molecule has 2 rings (SSSR count). The number of hydrogen-bond acceptors (Lipinski definition) is 1. The lowest BCUT2D eigenvalue weighted by Gasteiger charge is -2.18. The first-order valence-corrected chi connectivity index (χ1v) is 5.67. The lowest BCUT2D eigenvalue weighted by atomic mass is 9.98. The van der Waals surface area contributed by atoms with Crippen molar-refractivity contribution in [2.75, 3.05) is 7.11 Å². The fourth-order valence-electron chi connectivity index (χ4n) is 2.28. The fraction of sp³-hybridized carbons (Fsp3) is 1.00. The molecule has 1 nitrogen and oxygen atoms in total. The Morgan fingerprint density at radius 3 is 2.64 bits per heavy atom. The van der Waals surface area contributed by atoms with Crippen molar-refractivity contribution in [2.24, 2.45) is 11.8 Å². The second-order valence-corrected chi connectivity index (χ2v) is 7.20. The van der Waals surface area contributed by atoms with Crippen molar-refractivity contribution in [3.05, 3.63) is 0 Å². The van der Waals surface area contributed by atoms with Crippen LogP contribution in [0.3, 0.4) is 0 Å². The Morgan fingerprint density at radius 2 is 2.09 bits per heavy atom. The topological polar surface area (TPSA) is 9.23 Å². The van der Waals surface area contributed by atoms with Gasteiger partial charge in [-0.3, -0.25) is 0 Å². The fourth-order valence-corrected chi connectivity index (χ4v) is 4.27. The van der Waals surface area contributed by atoms with E-state index in [1.54, 1.807) is 0 Å². The summed E-state index contributed by atoms with van der Waals surface area (Å²) in [4.78, 5) is 0. The van der Waals surface area contributed by atoms with Gasteiger partial charge in [0.15, 0.2) is 0 Å². The van der Waals surface area contributed by atoms with Gasteiger partial charge < -0.3 is 4.74 Å². The Bertz CT molecular complexity index is 169. The standard InChI is InChI=1S/C8H12Br2O/c1-11-6-4-2-3-5-7(6)8(5,9)10/h5-7H,2-4H2,1H3/t5-,6-,7-/m1/s1. The molecule has 0 unspecified atom stereocenters. The minimum Gasteiger partial charge on any atom is -0.381 e. The smallest absolute Gasteiger partial charge is 0.0894 e. The lowest BCUT2D eigenvalue weighted by molar-refractivity contribution is 0.0590. The van der Waals surface area contributed by atoms with E-state index < -0.39 is 0 Å². The van der Waals surface area contributed by atoms with E-state index in [1.165, 1.54) is 19.3 Å². The molecular weight excluding hydrogens is 272 g/mol. The molecule has 0 aromatic heterocycles. The van der Waals surface area contributed by atoms with Gasteiger partial charge in [0.1, 0.15) is 0 Å². The molecule has 0 aliphatic heterocycles. The lowest BCUT2D eigenvalue weighted by Crippen LogP contribution is -2.18. The van der Waals surface area contributed by atoms with Gasteiger partial charge in [-0.2, -0.15) is 0 Å². The van der Waals surface area contributed by atoms with Gasteiger partial charge in [0.05, 0.1) is 9.34 Å². The van der Waals surface area contributed by atoms with Gasteiger partial charge in [0.2, 0.25) is 0 Å². The third-order valence-electron chi connectivity index (χ3n) is 2.97. The summed E-state index contributed by atoms with van der Waals surface area (Å²) in [5.74, 6) is 1.52. The van der Waals surface area contributed by atoms with Crippen molar-refractivity contribution in [3.8, 4) is 0 Å². The Morgan fingerprint density at radius 1 is 1.36 bits per heavy atom. The molecule has 2 fully saturated rings.